The number of pyridine rings is 1. The minimum absolute atomic E-state index is 0.00642. The summed E-state index contributed by atoms with van der Waals surface area (Å²) in [7, 11) is 1.44. The second kappa shape index (κ2) is 13.4. The number of nitrogens with zero attached hydrogens (tertiary/aromatic N) is 5. The lowest BCUT2D eigenvalue weighted by molar-refractivity contribution is -0.199. The molecule has 1 aromatic heterocycles. The molecule has 1 aromatic carbocycles. The van der Waals surface area contributed by atoms with Crippen LogP contribution in [0.1, 0.15) is 93.5 Å². The van der Waals surface area contributed by atoms with Crippen LogP contribution in [-0.4, -0.2) is 90.0 Å². The lowest BCUT2D eigenvalue weighted by atomic mass is 9.49. The van der Waals surface area contributed by atoms with Crippen LogP contribution in [0.2, 0.25) is 5.02 Å². The summed E-state index contributed by atoms with van der Waals surface area (Å²) in [5.41, 5.74) is 2.22. The number of methoxy groups -OCH3 is 1. The lowest BCUT2D eigenvalue weighted by Crippen LogP contribution is -2.74. The Morgan fingerprint density at radius 1 is 1.06 bits per heavy atom. The van der Waals surface area contributed by atoms with Crippen molar-refractivity contribution >= 4 is 17.5 Å². The molecular formula is C40H49ClFN5O3. The number of alkyl halides is 1. The van der Waals surface area contributed by atoms with Crippen LogP contribution < -0.4 is 4.74 Å². The standard InChI is InChI=1S/C40H49ClFN5O3/c1-38(2)36(39(3,4)37(38)50-30-14-9-27(21-43)32(41)20-30)47-22-33-31(35(47)48)15-11-28(44-33)10-6-26-7-12-29(13-8-26)46-19-17-40(25-46)16-18-45(24-40)23-34(42)49-5/h9,11,14-15,20,26,29,34,36-37H,7-8,12-13,16-19,22-25H2,1-5H3/t26?,29?,34?,36-,37-,40?. The maximum Gasteiger partial charge on any atom is 0.256 e. The van der Waals surface area contributed by atoms with Crippen LogP contribution in [-0.2, 0) is 11.3 Å². The number of aromatic nitrogens is 1. The topological polar surface area (TPSA) is 81.9 Å². The molecule has 1 spiro atoms. The number of nitriles is 1. The second-order valence-corrected chi connectivity index (χ2v) is 17.0. The van der Waals surface area contributed by atoms with Gasteiger partial charge in [-0.15, -0.1) is 0 Å². The van der Waals surface area contributed by atoms with Crippen LogP contribution in [0.5, 0.6) is 5.75 Å². The zero-order valence-corrected chi connectivity index (χ0v) is 30.7. The summed E-state index contributed by atoms with van der Waals surface area (Å²) in [6.45, 7) is 13.6. The van der Waals surface area contributed by atoms with Gasteiger partial charge in [-0.3, -0.25) is 14.6 Å². The van der Waals surface area contributed by atoms with E-state index in [0.717, 1.165) is 69.7 Å². The molecule has 2 aliphatic carbocycles. The van der Waals surface area contributed by atoms with E-state index in [9.17, 15) is 14.4 Å². The fourth-order valence-corrected chi connectivity index (χ4v) is 10.5. The number of rotatable bonds is 7. The van der Waals surface area contributed by atoms with Crippen molar-refractivity contribution in [2.24, 2.45) is 22.2 Å². The van der Waals surface area contributed by atoms with Gasteiger partial charge in [0.2, 0.25) is 6.36 Å². The predicted molar refractivity (Wildman–Crippen MR) is 190 cm³/mol. The first kappa shape index (κ1) is 35.2. The number of ether oxygens (including phenoxy) is 2. The molecule has 0 radical (unpaired) electrons. The SMILES string of the molecule is COC(F)CN1CCC2(CCN(C3CCC(C#Cc4ccc5c(n4)CN([C@H]4C(C)(C)[C@H](Oc6ccc(C#N)c(Cl)c6)C4(C)C)C5=O)CC3)C2)C1. The van der Waals surface area contributed by atoms with E-state index in [0.29, 0.717) is 52.4 Å². The van der Waals surface area contributed by atoms with Gasteiger partial charge in [0, 0.05) is 55.1 Å². The van der Waals surface area contributed by atoms with Gasteiger partial charge in [-0.05, 0) is 87.2 Å². The summed E-state index contributed by atoms with van der Waals surface area (Å²) in [5.74, 6) is 7.86. The van der Waals surface area contributed by atoms with Gasteiger partial charge in [0.15, 0.2) is 0 Å². The molecule has 50 heavy (non-hydrogen) atoms. The van der Waals surface area contributed by atoms with Crippen LogP contribution in [0, 0.1) is 45.3 Å². The first-order valence-electron chi connectivity index (χ1n) is 18.2. The molecule has 4 heterocycles. The lowest BCUT2D eigenvalue weighted by Gasteiger charge is -2.65. The van der Waals surface area contributed by atoms with Crippen molar-refractivity contribution in [3.05, 3.63) is 57.9 Å². The quantitative estimate of drug-likeness (QED) is 0.298. The largest absolute Gasteiger partial charge is 0.489 e. The fourth-order valence-electron chi connectivity index (χ4n) is 10.3. The van der Waals surface area contributed by atoms with Gasteiger partial charge in [-0.1, -0.05) is 45.2 Å². The Labute approximate surface area is 301 Å². The highest BCUT2D eigenvalue weighted by molar-refractivity contribution is 6.31. The van der Waals surface area contributed by atoms with Gasteiger partial charge in [-0.25, -0.2) is 9.37 Å². The molecule has 3 aliphatic heterocycles. The maximum absolute atomic E-state index is 13.8. The van der Waals surface area contributed by atoms with Crippen molar-refractivity contribution in [3.8, 4) is 23.7 Å². The summed E-state index contributed by atoms with van der Waals surface area (Å²) in [5, 5.41) is 9.60. The second-order valence-electron chi connectivity index (χ2n) is 16.5. The van der Waals surface area contributed by atoms with E-state index in [1.54, 1.807) is 18.2 Å². The van der Waals surface area contributed by atoms with Gasteiger partial charge in [0.25, 0.3) is 5.91 Å². The van der Waals surface area contributed by atoms with Gasteiger partial charge in [0.05, 0.1) is 34.9 Å². The van der Waals surface area contributed by atoms with Crippen LogP contribution in [0.3, 0.4) is 0 Å². The Morgan fingerprint density at radius 3 is 2.50 bits per heavy atom. The molecule has 266 valence electrons. The Hall–Kier alpha value is -3.21. The van der Waals surface area contributed by atoms with Gasteiger partial charge < -0.3 is 14.4 Å². The first-order valence-corrected chi connectivity index (χ1v) is 18.5. The Balaban J connectivity index is 0.937. The molecule has 2 atom stereocenters. The summed E-state index contributed by atoms with van der Waals surface area (Å²) >= 11 is 6.28. The number of halogens is 2. The van der Waals surface area contributed by atoms with E-state index in [-0.39, 0.29) is 28.9 Å². The van der Waals surface area contributed by atoms with Crippen LogP contribution in [0.25, 0.3) is 0 Å². The van der Waals surface area contributed by atoms with Crippen molar-refractivity contribution < 1.29 is 18.7 Å². The van der Waals surface area contributed by atoms with E-state index in [1.807, 2.05) is 17.0 Å². The average molecular weight is 702 g/mol. The third-order valence-corrected chi connectivity index (χ3v) is 12.7. The summed E-state index contributed by atoms with van der Waals surface area (Å²) in [6.07, 6.45) is 5.48. The molecule has 0 N–H and O–H groups in total. The minimum Gasteiger partial charge on any atom is -0.489 e. The van der Waals surface area contributed by atoms with Gasteiger partial charge >= 0.3 is 0 Å². The van der Waals surface area contributed by atoms with Crippen molar-refractivity contribution in [2.45, 2.75) is 97.3 Å². The predicted octanol–water partition coefficient (Wildman–Crippen LogP) is 6.69. The summed E-state index contributed by atoms with van der Waals surface area (Å²) in [6, 6.07) is 11.6. The van der Waals surface area contributed by atoms with E-state index in [1.165, 1.54) is 13.5 Å². The number of carbonyl (C=O) groups excluding carboxylic acids is 1. The third-order valence-electron chi connectivity index (χ3n) is 12.4. The number of likely N-dealkylation sites (tertiary alicyclic amines) is 2. The van der Waals surface area contributed by atoms with Crippen LogP contribution in [0.15, 0.2) is 30.3 Å². The number of carbonyl (C=O) groups is 1. The number of amides is 1. The molecule has 2 saturated heterocycles. The summed E-state index contributed by atoms with van der Waals surface area (Å²) < 4.78 is 25.1. The molecule has 2 unspecified atom stereocenters. The van der Waals surface area contributed by atoms with Crippen molar-refractivity contribution in [1.82, 2.24) is 19.7 Å². The molecule has 2 aromatic rings. The highest BCUT2D eigenvalue weighted by Gasteiger charge is 2.67. The zero-order chi connectivity index (χ0) is 35.4. The third kappa shape index (κ3) is 6.41. The first-order chi connectivity index (χ1) is 23.8. The number of hydrogen-bond acceptors (Lipinski definition) is 7. The average Bonchev–Trinajstić information content (AvgIpc) is 3.79. The summed E-state index contributed by atoms with van der Waals surface area (Å²) in [4.78, 5) is 25.5. The van der Waals surface area contributed by atoms with Crippen LogP contribution >= 0.6 is 11.6 Å². The molecule has 4 fully saturated rings. The maximum atomic E-state index is 13.8. The molecule has 5 aliphatic rings. The van der Waals surface area contributed by atoms with Crippen molar-refractivity contribution in [2.75, 3.05) is 39.8 Å². The van der Waals surface area contributed by atoms with E-state index in [2.05, 4.69) is 55.4 Å². The van der Waals surface area contributed by atoms with E-state index in [4.69, 9.17) is 26.1 Å². The molecular weight excluding hydrogens is 653 g/mol. The molecule has 8 nitrogen and oxygen atoms in total. The Bertz CT molecular complexity index is 1720. The molecule has 2 saturated carbocycles. The molecule has 1 amide bonds. The number of hydrogen-bond donors (Lipinski definition) is 0. The van der Waals surface area contributed by atoms with Gasteiger partial charge in [-0.2, -0.15) is 5.26 Å². The zero-order valence-electron chi connectivity index (χ0n) is 30.0. The molecule has 7 rings (SSSR count). The fraction of sp³-hybridized carbons (Fsp3) is 0.625. The highest BCUT2D eigenvalue weighted by atomic mass is 35.5. The minimum atomic E-state index is -1.20. The van der Waals surface area contributed by atoms with E-state index >= 15 is 0 Å². The number of fused-ring (bicyclic) bond motifs is 1. The number of benzene rings is 1. The van der Waals surface area contributed by atoms with Crippen LogP contribution in [0.4, 0.5) is 4.39 Å². The normalized spacial score (nSPS) is 30.8. The van der Waals surface area contributed by atoms with Crippen molar-refractivity contribution in [3.63, 3.8) is 0 Å². The van der Waals surface area contributed by atoms with Crippen molar-refractivity contribution in [1.29, 1.82) is 5.26 Å². The van der Waals surface area contributed by atoms with Gasteiger partial charge in [0.1, 0.15) is 23.6 Å². The molecule has 0 bridgehead atoms. The smallest absolute Gasteiger partial charge is 0.256 e. The highest BCUT2D eigenvalue weighted by Crippen LogP contribution is 2.59. The Morgan fingerprint density at radius 2 is 1.80 bits per heavy atom. The molecule has 10 heteroatoms. The monoisotopic (exact) mass is 701 g/mol. The Kier molecular flexibility index (Phi) is 9.44. The van der Waals surface area contributed by atoms with E-state index < -0.39 is 6.36 Å².